The molecule has 1 amide bonds. The zero-order valence-electron chi connectivity index (χ0n) is 15.8. The Labute approximate surface area is 178 Å². The summed E-state index contributed by atoms with van der Waals surface area (Å²) in [6.45, 7) is 2.03. The van der Waals surface area contributed by atoms with Crippen LogP contribution < -0.4 is 15.2 Å². The summed E-state index contributed by atoms with van der Waals surface area (Å²) >= 11 is 5.95. The SMILES string of the molecule is Cc1ccccc1S(=O)(=O)N1NCc2ccc(NC(=O)c3c(F)cccc3Cl)cc21. The van der Waals surface area contributed by atoms with Crippen molar-refractivity contribution in [3.63, 3.8) is 0 Å². The molecule has 2 N–H and O–H groups in total. The Bertz CT molecular complexity index is 1240. The molecule has 1 heterocycles. The first-order chi connectivity index (χ1) is 14.3. The molecule has 0 aliphatic carbocycles. The largest absolute Gasteiger partial charge is 0.322 e. The van der Waals surface area contributed by atoms with Crippen molar-refractivity contribution in [3.8, 4) is 0 Å². The third-order valence-electron chi connectivity index (χ3n) is 4.78. The van der Waals surface area contributed by atoms with E-state index in [4.69, 9.17) is 11.6 Å². The summed E-state index contributed by atoms with van der Waals surface area (Å²) in [5.74, 6) is -1.47. The molecule has 6 nitrogen and oxygen atoms in total. The normalized spacial score (nSPS) is 13.2. The van der Waals surface area contributed by atoms with Crippen LogP contribution >= 0.6 is 11.6 Å². The number of carbonyl (C=O) groups is 1. The Kier molecular flexibility index (Phi) is 5.23. The van der Waals surface area contributed by atoms with Gasteiger partial charge in [-0.3, -0.25) is 4.79 Å². The molecule has 30 heavy (non-hydrogen) atoms. The lowest BCUT2D eigenvalue weighted by molar-refractivity contribution is 0.102. The Balaban J connectivity index is 1.67. The highest BCUT2D eigenvalue weighted by Crippen LogP contribution is 2.33. The number of hydrazine groups is 1. The molecule has 0 spiro atoms. The summed E-state index contributed by atoms with van der Waals surface area (Å²) in [7, 11) is -3.87. The second-order valence-electron chi connectivity index (χ2n) is 6.76. The molecular formula is C21H17ClFN3O3S. The van der Waals surface area contributed by atoms with Crippen LogP contribution in [0.3, 0.4) is 0 Å². The number of fused-ring (bicyclic) bond motifs is 1. The van der Waals surface area contributed by atoms with E-state index < -0.39 is 21.7 Å². The van der Waals surface area contributed by atoms with Crippen molar-refractivity contribution in [2.24, 2.45) is 0 Å². The number of hydrogen-bond donors (Lipinski definition) is 2. The lowest BCUT2D eigenvalue weighted by Crippen LogP contribution is -2.38. The fourth-order valence-electron chi connectivity index (χ4n) is 3.29. The molecule has 0 aromatic heterocycles. The van der Waals surface area contributed by atoms with Gasteiger partial charge >= 0.3 is 0 Å². The Morgan fingerprint density at radius 2 is 1.90 bits per heavy atom. The van der Waals surface area contributed by atoms with E-state index in [1.54, 1.807) is 37.3 Å². The van der Waals surface area contributed by atoms with Gasteiger partial charge in [0.05, 0.1) is 21.2 Å². The van der Waals surface area contributed by atoms with Crippen LogP contribution in [0.4, 0.5) is 15.8 Å². The standard InChI is InChI=1S/C21H17ClFN3O3S/c1-13-5-2-3-8-19(13)30(28,29)26-18-11-15(10-9-14(18)12-24-26)25-21(27)20-16(22)6-4-7-17(20)23/h2-11,24H,12H2,1H3,(H,25,27). The zero-order valence-corrected chi connectivity index (χ0v) is 17.4. The van der Waals surface area contributed by atoms with Gasteiger partial charge in [0.2, 0.25) is 0 Å². The van der Waals surface area contributed by atoms with Crippen molar-refractivity contribution in [2.75, 3.05) is 9.73 Å². The number of halogens is 2. The predicted octanol–water partition coefficient (Wildman–Crippen LogP) is 4.25. The minimum Gasteiger partial charge on any atom is -0.322 e. The van der Waals surface area contributed by atoms with Crippen LogP contribution in [-0.4, -0.2) is 14.3 Å². The third-order valence-corrected chi connectivity index (χ3v) is 6.91. The van der Waals surface area contributed by atoms with Gasteiger partial charge in [0, 0.05) is 12.2 Å². The van der Waals surface area contributed by atoms with Crippen LogP contribution in [0.2, 0.25) is 5.02 Å². The first-order valence-corrected chi connectivity index (χ1v) is 10.8. The lowest BCUT2D eigenvalue weighted by Gasteiger charge is -2.21. The molecule has 0 atom stereocenters. The third kappa shape index (κ3) is 3.54. The number of aryl methyl sites for hydroxylation is 1. The fraction of sp³-hybridized carbons (Fsp3) is 0.0952. The number of amides is 1. The molecule has 1 aliphatic rings. The summed E-state index contributed by atoms with van der Waals surface area (Å²) in [6.07, 6.45) is 0. The van der Waals surface area contributed by atoms with E-state index in [0.717, 1.165) is 16.0 Å². The van der Waals surface area contributed by atoms with Gasteiger partial charge in [-0.1, -0.05) is 41.9 Å². The highest BCUT2D eigenvalue weighted by atomic mass is 35.5. The van der Waals surface area contributed by atoms with Crippen molar-refractivity contribution in [3.05, 3.63) is 88.2 Å². The quantitative estimate of drug-likeness (QED) is 0.629. The van der Waals surface area contributed by atoms with Crippen LogP contribution in [0.1, 0.15) is 21.5 Å². The molecule has 1 aliphatic heterocycles. The van der Waals surface area contributed by atoms with Crippen LogP contribution in [0, 0.1) is 12.7 Å². The van der Waals surface area contributed by atoms with Gasteiger partial charge in [-0.15, -0.1) is 0 Å². The van der Waals surface area contributed by atoms with Crippen LogP contribution in [0.15, 0.2) is 65.6 Å². The van der Waals surface area contributed by atoms with E-state index in [1.807, 2.05) is 0 Å². The minimum absolute atomic E-state index is 0.0147. The molecule has 0 bridgehead atoms. The molecule has 9 heteroatoms. The molecule has 0 saturated carbocycles. The van der Waals surface area contributed by atoms with Crippen molar-refractivity contribution in [1.82, 2.24) is 5.43 Å². The number of hydrogen-bond acceptors (Lipinski definition) is 4. The first kappa shape index (κ1) is 20.3. The van der Waals surface area contributed by atoms with Gasteiger partial charge in [-0.25, -0.2) is 9.82 Å². The number of anilines is 2. The van der Waals surface area contributed by atoms with Crippen molar-refractivity contribution < 1.29 is 17.6 Å². The Morgan fingerprint density at radius 1 is 1.13 bits per heavy atom. The number of rotatable bonds is 4. The van der Waals surface area contributed by atoms with Crippen LogP contribution in [0.5, 0.6) is 0 Å². The van der Waals surface area contributed by atoms with E-state index >= 15 is 0 Å². The van der Waals surface area contributed by atoms with E-state index in [9.17, 15) is 17.6 Å². The highest BCUT2D eigenvalue weighted by molar-refractivity contribution is 7.92. The summed E-state index contributed by atoms with van der Waals surface area (Å²) in [5, 5.41) is 2.57. The summed E-state index contributed by atoms with van der Waals surface area (Å²) in [5.41, 5.74) is 4.65. The zero-order chi connectivity index (χ0) is 21.5. The molecule has 0 radical (unpaired) electrons. The minimum atomic E-state index is -3.87. The van der Waals surface area contributed by atoms with E-state index in [2.05, 4.69) is 10.7 Å². The van der Waals surface area contributed by atoms with Gasteiger partial charge in [0.15, 0.2) is 0 Å². The molecule has 154 valence electrons. The summed E-state index contributed by atoms with van der Waals surface area (Å²) in [4.78, 5) is 12.7. The van der Waals surface area contributed by atoms with Crippen molar-refractivity contribution in [2.45, 2.75) is 18.4 Å². The van der Waals surface area contributed by atoms with Crippen molar-refractivity contribution in [1.29, 1.82) is 0 Å². The van der Waals surface area contributed by atoms with E-state index in [-0.39, 0.29) is 15.5 Å². The summed E-state index contributed by atoms with van der Waals surface area (Å²) < 4.78 is 41.5. The molecule has 0 saturated heterocycles. The Hall–Kier alpha value is -2.94. The van der Waals surface area contributed by atoms with Gasteiger partial charge < -0.3 is 5.32 Å². The maximum Gasteiger partial charge on any atom is 0.278 e. The second-order valence-corrected chi connectivity index (χ2v) is 8.93. The van der Waals surface area contributed by atoms with Gasteiger partial charge in [0.25, 0.3) is 15.9 Å². The number of carbonyl (C=O) groups excluding carboxylic acids is 1. The molecular weight excluding hydrogens is 429 g/mol. The summed E-state index contributed by atoms with van der Waals surface area (Å²) in [6, 6.07) is 15.5. The second kappa shape index (κ2) is 7.71. The maximum atomic E-state index is 14.0. The van der Waals surface area contributed by atoms with Crippen molar-refractivity contribution >= 4 is 38.9 Å². The molecule has 0 fully saturated rings. The average Bonchev–Trinajstić information content (AvgIpc) is 3.12. The average molecular weight is 446 g/mol. The Morgan fingerprint density at radius 3 is 2.63 bits per heavy atom. The molecule has 4 rings (SSSR count). The molecule has 3 aromatic rings. The van der Waals surface area contributed by atoms with Crippen LogP contribution in [-0.2, 0) is 16.6 Å². The van der Waals surface area contributed by atoms with Gasteiger partial charge in [0.1, 0.15) is 5.82 Å². The number of nitrogens with zero attached hydrogens (tertiary/aromatic N) is 1. The maximum absolute atomic E-state index is 14.0. The topological polar surface area (TPSA) is 78.5 Å². The monoisotopic (exact) mass is 445 g/mol. The van der Waals surface area contributed by atoms with E-state index in [0.29, 0.717) is 23.5 Å². The number of benzene rings is 3. The van der Waals surface area contributed by atoms with Crippen LogP contribution in [0.25, 0.3) is 0 Å². The first-order valence-electron chi connectivity index (χ1n) is 9.02. The number of sulfonamides is 1. The van der Waals surface area contributed by atoms with E-state index in [1.165, 1.54) is 24.3 Å². The predicted molar refractivity (Wildman–Crippen MR) is 113 cm³/mol. The molecule has 3 aromatic carbocycles. The smallest absolute Gasteiger partial charge is 0.278 e. The highest BCUT2D eigenvalue weighted by Gasteiger charge is 2.32. The molecule has 0 unspecified atom stereocenters. The van der Waals surface area contributed by atoms with Gasteiger partial charge in [-0.05, 0) is 48.4 Å². The number of nitrogens with one attached hydrogen (secondary N) is 2. The fourth-order valence-corrected chi connectivity index (χ4v) is 5.12. The lowest BCUT2D eigenvalue weighted by atomic mass is 10.1. The van der Waals surface area contributed by atoms with Gasteiger partial charge in [-0.2, -0.15) is 12.8 Å².